The van der Waals surface area contributed by atoms with E-state index in [9.17, 15) is 9.90 Å². The van der Waals surface area contributed by atoms with Gasteiger partial charge >= 0.3 is 5.97 Å². The Bertz CT molecular complexity index is 1010. The summed E-state index contributed by atoms with van der Waals surface area (Å²) in [4.78, 5) is 12.2. The van der Waals surface area contributed by atoms with Crippen LogP contribution in [0.2, 0.25) is 0 Å². The molecule has 0 aromatic carbocycles. The van der Waals surface area contributed by atoms with Crippen LogP contribution >= 0.6 is 0 Å². The highest BCUT2D eigenvalue weighted by Gasteiger charge is 2.13. The first-order valence-corrected chi connectivity index (χ1v) is 22.3. The molecule has 0 spiro atoms. The minimum Gasteiger partial charge on any atom is -0.457 e. The number of carbonyl (C=O) groups excluding carboxylic acids is 1. The lowest BCUT2D eigenvalue weighted by Gasteiger charge is -2.15. The molecule has 4 heteroatoms. The fourth-order valence-electron chi connectivity index (χ4n) is 5.83. The zero-order valence-electron chi connectivity index (χ0n) is 35.2. The van der Waals surface area contributed by atoms with E-state index < -0.39 is 6.10 Å². The Hall–Kier alpha value is -2.69. The molecule has 1 N–H and O–H groups in total. The average molecular weight is 749 g/mol. The third-order valence-corrected chi connectivity index (χ3v) is 9.14. The van der Waals surface area contributed by atoms with Crippen molar-refractivity contribution in [1.29, 1.82) is 0 Å². The van der Waals surface area contributed by atoms with E-state index in [-0.39, 0.29) is 19.2 Å². The summed E-state index contributed by atoms with van der Waals surface area (Å²) in [6, 6.07) is 0. The predicted octanol–water partition coefficient (Wildman–Crippen LogP) is 14.9. The van der Waals surface area contributed by atoms with Crippen LogP contribution in [0.3, 0.4) is 0 Å². The Balaban J connectivity index is 3.57. The van der Waals surface area contributed by atoms with Crippen molar-refractivity contribution in [3.05, 3.63) is 97.2 Å². The number of esters is 1. The quantitative estimate of drug-likeness (QED) is 0.0385. The van der Waals surface area contributed by atoms with Gasteiger partial charge < -0.3 is 14.6 Å². The smallest absolute Gasteiger partial charge is 0.306 e. The Morgan fingerprint density at radius 3 is 1.28 bits per heavy atom. The normalized spacial score (nSPS) is 13.3. The zero-order valence-corrected chi connectivity index (χ0v) is 35.2. The van der Waals surface area contributed by atoms with Gasteiger partial charge in [0.05, 0.1) is 13.2 Å². The van der Waals surface area contributed by atoms with E-state index in [1.165, 1.54) is 83.5 Å². The first kappa shape index (κ1) is 51.3. The summed E-state index contributed by atoms with van der Waals surface area (Å²) in [6.07, 6.45) is 66.1. The van der Waals surface area contributed by atoms with Crippen molar-refractivity contribution in [3.63, 3.8) is 0 Å². The van der Waals surface area contributed by atoms with Crippen LogP contribution in [0, 0.1) is 0 Å². The molecule has 0 aliphatic heterocycles. The Labute approximate surface area is 334 Å². The largest absolute Gasteiger partial charge is 0.457 e. The summed E-state index contributed by atoms with van der Waals surface area (Å²) in [7, 11) is 0. The predicted molar refractivity (Wildman–Crippen MR) is 237 cm³/mol. The molecular formula is C50H84O4. The molecule has 1 unspecified atom stereocenters. The third-order valence-electron chi connectivity index (χ3n) is 9.14. The van der Waals surface area contributed by atoms with Gasteiger partial charge in [-0.3, -0.25) is 4.79 Å². The number of rotatable bonds is 40. The summed E-state index contributed by atoms with van der Waals surface area (Å²) in [5.74, 6) is -0.222. The molecule has 0 heterocycles. The van der Waals surface area contributed by atoms with Gasteiger partial charge in [0.1, 0.15) is 6.10 Å². The van der Waals surface area contributed by atoms with Gasteiger partial charge in [-0.15, -0.1) is 0 Å². The summed E-state index contributed by atoms with van der Waals surface area (Å²) >= 11 is 0. The molecule has 54 heavy (non-hydrogen) atoms. The van der Waals surface area contributed by atoms with Gasteiger partial charge in [0, 0.05) is 13.0 Å². The number of aliphatic hydroxyl groups excluding tert-OH is 1. The van der Waals surface area contributed by atoms with Gasteiger partial charge in [-0.1, -0.05) is 182 Å². The molecular weight excluding hydrogens is 665 g/mol. The maximum atomic E-state index is 12.2. The highest BCUT2D eigenvalue weighted by Crippen LogP contribution is 2.12. The first-order valence-electron chi connectivity index (χ1n) is 22.3. The Morgan fingerprint density at radius 1 is 0.463 bits per heavy atom. The summed E-state index contributed by atoms with van der Waals surface area (Å²) < 4.78 is 11.1. The molecule has 0 saturated heterocycles. The van der Waals surface area contributed by atoms with Crippen molar-refractivity contribution in [2.75, 3.05) is 19.8 Å². The molecule has 0 aromatic rings. The van der Waals surface area contributed by atoms with E-state index in [1.807, 2.05) is 0 Å². The highest BCUT2D eigenvalue weighted by atomic mass is 16.6. The van der Waals surface area contributed by atoms with E-state index >= 15 is 0 Å². The number of hydrogen-bond donors (Lipinski definition) is 1. The van der Waals surface area contributed by atoms with Crippen molar-refractivity contribution >= 4 is 5.97 Å². The van der Waals surface area contributed by atoms with Gasteiger partial charge in [0.25, 0.3) is 0 Å². The van der Waals surface area contributed by atoms with E-state index in [4.69, 9.17) is 9.47 Å². The molecule has 0 radical (unpaired) electrons. The SMILES string of the molecule is CC/C=C\C/C=C\C/C=C\C/C=C\C/C=C\C/C=C\C/C=C\CCCCCCOCC(CO)OC(=O)CCCCCCC/C=C\CCCCCCCCC. The first-order chi connectivity index (χ1) is 26.7. The van der Waals surface area contributed by atoms with Crippen molar-refractivity contribution in [3.8, 4) is 0 Å². The minimum absolute atomic E-state index is 0.191. The number of carbonyl (C=O) groups is 1. The number of aliphatic hydroxyl groups is 1. The second-order valence-electron chi connectivity index (χ2n) is 14.4. The maximum absolute atomic E-state index is 12.2. The summed E-state index contributed by atoms with van der Waals surface area (Å²) in [6.45, 7) is 5.15. The second kappa shape index (κ2) is 46.5. The monoisotopic (exact) mass is 749 g/mol. The molecule has 4 nitrogen and oxygen atoms in total. The standard InChI is InChI=1S/C50H84O4/c1-3-5-7-9-11-13-15-17-19-21-22-23-24-25-26-27-28-29-30-32-34-36-38-40-42-44-46-53-48-49(47-51)54-50(52)45-43-41-39-37-35-33-31-20-18-16-14-12-10-8-6-4-2/h5,7,11,13,17,19-20,22-23,25-26,28-29,31-32,34,49,51H,3-4,6,8-10,12,14-16,18,21,24,27,30,33,35-48H2,1-2H3/b7-5-,13-11-,19-17-,23-22-,26-25-,29-28-,31-20-,34-32-. The van der Waals surface area contributed by atoms with Crippen molar-refractivity contribution < 1.29 is 19.4 Å². The number of ether oxygens (including phenoxy) is 2. The van der Waals surface area contributed by atoms with Crippen LogP contribution in [0.1, 0.15) is 187 Å². The topological polar surface area (TPSA) is 55.8 Å². The third kappa shape index (κ3) is 43.7. The van der Waals surface area contributed by atoms with Gasteiger partial charge in [-0.05, 0) is 96.3 Å². The number of hydrogen-bond acceptors (Lipinski definition) is 4. The molecule has 1 atom stereocenters. The molecule has 0 fully saturated rings. The summed E-state index contributed by atoms with van der Waals surface area (Å²) in [5.41, 5.74) is 0. The van der Waals surface area contributed by atoms with Crippen LogP contribution in [0.5, 0.6) is 0 Å². The fraction of sp³-hybridized carbons (Fsp3) is 0.660. The summed E-state index contributed by atoms with van der Waals surface area (Å²) in [5, 5.41) is 9.61. The minimum atomic E-state index is -0.559. The van der Waals surface area contributed by atoms with E-state index in [0.29, 0.717) is 13.0 Å². The Morgan fingerprint density at radius 2 is 0.833 bits per heavy atom. The Kier molecular flexibility index (Phi) is 44.1. The number of unbranched alkanes of at least 4 members (excludes halogenated alkanes) is 16. The molecule has 0 bridgehead atoms. The molecule has 0 aromatic heterocycles. The molecule has 0 rings (SSSR count). The van der Waals surface area contributed by atoms with E-state index in [2.05, 4.69) is 111 Å². The lowest BCUT2D eigenvalue weighted by molar-refractivity contribution is -0.154. The van der Waals surface area contributed by atoms with Crippen molar-refractivity contribution in [2.24, 2.45) is 0 Å². The highest BCUT2D eigenvalue weighted by molar-refractivity contribution is 5.69. The lowest BCUT2D eigenvalue weighted by atomic mass is 10.1. The fourth-order valence-corrected chi connectivity index (χ4v) is 5.83. The molecule has 0 aliphatic carbocycles. The van der Waals surface area contributed by atoms with Crippen LogP contribution in [0.4, 0.5) is 0 Å². The van der Waals surface area contributed by atoms with Crippen LogP contribution in [0.15, 0.2) is 97.2 Å². The number of allylic oxidation sites excluding steroid dienone is 16. The molecule has 0 amide bonds. The molecule has 308 valence electrons. The van der Waals surface area contributed by atoms with Crippen LogP contribution in [0.25, 0.3) is 0 Å². The van der Waals surface area contributed by atoms with Gasteiger partial charge in [-0.2, -0.15) is 0 Å². The maximum Gasteiger partial charge on any atom is 0.306 e. The molecule has 0 aliphatic rings. The van der Waals surface area contributed by atoms with Crippen LogP contribution in [-0.2, 0) is 14.3 Å². The molecule has 0 saturated carbocycles. The average Bonchev–Trinajstić information content (AvgIpc) is 3.18. The van der Waals surface area contributed by atoms with Gasteiger partial charge in [-0.25, -0.2) is 0 Å². The second-order valence-corrected chi connectivity index (χ2v) is 14.4. The van der Waals surface area contributed by atoms with Gasteiger partial charge in [0.2, 0.25) is 0 Å². The zero-order chi connectivity index (χ0) is 39.1. The van der Waals surface area contributed by atoms with Gasteiger partial charge in [0.15, 0.2) is 0 Å². The van der Waals surface area contributed by atoms with Crippen LogP contribution in [-0.4, -0.2) is 37.0 Å². The van der Waals surface area contributed by atoms with Crippen molar-refractivity contribution in [1.82, 2.24) is 0 Å². The van der Waals surface area contributed by atoms with E-state index in [1.54, 1.807) is 0 Å². The van der Waals surface area contributed by atoms with E-state index in [0.717, 1.165) is 83.5 Å². The van der Waals surface area contributed by atoms with Crippen LogP contribution < -0.4 is 0 Å². The van der Waals surface area contributed by atoms with Crippen molar-refractivity contribution in [2.45, 2.75) is 193 Å². The lowest BCUT2D eigenvalue weighted by Crippen LogP contribution is -2.27.